The van der Waals surface area contributed by atoms with Crippen molar-refractivity contribution in [3.05, 3.63) is 85.0 Å². The normalized spacial score (nSPS) is 13.0. The average Bonchev–Trinajstić information content (AvgIpc) is 3.26. The van der Waals surface area contributed by atoms with Crippen molar-refractivity contribution in [1.29, 1.82) is 0 Å². The van der Waals surface area contributed by atoms with Crippen LogP contribution in [0.1, 0.15) is 34.3 Å². The van der Waals surface area contributed by atoms with Gasteiger partial charge in [0.2, 0.25) is 5.56 Å². The minimum absolute atomic E-state index is 0.0537. The fraction of sp³-hybridized carbons (Fsp3) is 0.174. The number of nitro benzene ring substituents is 1. The zero-order chi connectivity index (χ0) is 22.2. The molecule has 2 aromatic heterocycles. The van der Waals surface area contributed by atoms with Gasteiger partial charge in [-0.2, -0.15) is 0 Å². The van der Waals surface area contributed by atoms with Crippen molar-refractivity contribution < 1.29 is 9.72 Å². The van der Waals surface area contributed by atoms with E-state index in [1.165, 1.54) is 53.5 Å². The summed E-state index contributed by atoms with van der Waals surface area (Å²) in [6.07, 6.45) is 4.59. The molecule has 4 aromatic rings. The van der Waals surface area contributed by atoms with Crippen molar-refractivity contribution >= 4 is 39.0 Å². The number of carbonyl (C=O) groups excluding carboxylic acids is 1. The standard InChI is InChI=1S/C23H18N4O4S/c28-21-11-18(17-10-16(27(30)31)7-8-19(17)24-21)22(29)26-23-25-20(12-32-23)15-6-5-13-3-1-2-4-14(13)9-15/h5-12H,1-4H2,(H,24,28)(H,25,26,29). The zero-order valence-corrected chi connectivity index (χ0v) is 17.7. The van der Waals surface area contributed by atoms with Gasteiger partial charge in [0.05, 0.1) is 16.2 Å². The lowest BCUT2D eigenvalue weighted by molar-refractivity contribution is -0.384. The summed E-state index contributed by atoms with van der Waals surface area (Å²) in [6.45, 7) is 0. The largest absolute Gasteiger partial charge is 0.322 e. The molecule has 0 aliphatic heterocycles. The van der Waals surface area contributed by atoms with E-state index in [1.807, 2.05) is 11.4 Å². The molecule has 9 heteroatoms. The molecule has 1 aliphatic carbocycles. The summed E-state index contributed by atoms with van der Waals surface area (Å²) in [5, 5.41) is 16.4. The number of thiazole rings is 1. The molecule has 0 atom stereocenters. The molecule has 0 spiro atoms. The quantitative estimate of drug-likeness (QED) is 0.348. The van der Waals surface area contributed by atoms with Crippen LogP contribution in [0.2, 0.25) is 0 Å². The zero-order valence-electron chi connectivity index (χ0n) is 16.9. The Morgan fingerprint density at radius 1 is 1.09 bits per heavy atom. The van der Waals surface area contributed by atoms with Crippen molar-refractivity contribution in [2.75, 3.05) is 5.32 Å². The van der Waals surface area contributed by atoms with E-state index in [1.54, 1.807) is 0 Å². The molecule has 0 saturated heterocycles. The number of carbonyl (C=O) groups is 1. The number of aromatic nitrogens is 2. The average molecular weight is 446 g/mol. The highest BCUT2D eigenvalue weighted by molar-refractivity contribution is 7.14. The van der Waals surface area contributed by atoms with Gasteiger partial charge in [-0.05, 0) is 48.9 Å². The molecule has 2 aromatic carbocycles. The van der Waals surface area contributed by atoms with Crippen LogP contribution in [0.5, 0.6) is 0 Å². The van der Waals surface area contributed by atoms with E-state index in [2.05, 4.69) is 27.4 Å². The summed E-state index contributed by atoms with van der Waals surface area (Å²) < 4.78 is 0. The van der Waals surface area contributed by atoms with Crippen molar-refractivity contribution in [3.63, 3.8) is 0 Å². The predicted octanol–water partition coefficient (Wildman–Crippen LogP) is 4.69. The van der Waals surface area contributed by atoms with Crippen LogP contribution in [0.15, 0.2) is 52.6 Å². The van der Waals surface area contributed by atoms with Crippen LogP contribution in [0.25, 0.3) is 22.2 Å². The van der Waals surface area contributed by atoms with Crippen molar-refractivity contribution in [3.8, 4) is 11.3 Å². The number of amides is 1. The van der Waals surface area contributed by atoms with Gasteiger partial charge in [-0.25, -0.2) is 4.98 Å². The maximum Gasteiger partial charge on any atom is 0.270 e. The highest BCUT2D eigenvalue weighted by Gasteiger charge is 2.17. The Kier molecular flexibility index (Phi) is 5.02. The molecule has 1 aliphatic rings. The summed E-state index contributed by atoms with van der Waals surface area (Å²) in [7, 11) is 0. The van der Waals surface area contributed by atoms with Crippen LogP contribution in [-0.2, 0) is 12.8 Å². The molecular weight excluding hydrogens is 428 g/mol. The number of aromatic amines is 1. The van der Waals surface area contributed by atoms with Gasteiger partial charge < -0.3 is 4.98 Å². The lowest BCUT2D eigenvalue weighted by Crippen LogP contribution is -2.17. The van der Waals surface area contributed by atoms with E-state index in [0.717, 1.165) is 30.2 Å². The second-order valence-corrected chi connectivity index (χ2v) is 8.57. The third-order valence-corrected chi connectivity index (χ3v) is 6.41. The van der Waals surface area contributed by atoms with Crippen molar-refractivity contribution in [1.82, 2.24) is 9.97 Å². The Morgan fingerprint density at radius 3 is 2.72 bits per heavy atom. The Labute approximate surface area is 186 Å². The van der Waals surface area contributed by atoms with Crippen LogP contribution in [0.4, 0.5) is 10.8 Å². The van der Waals surface area contributed by atoms with E-state index in [4.69, 9.17) is 0 Å². The minimum Gasteiger partial charge on any atom is -0.322 e. The van der Waals surface area contributed by atoms with Gasteiger partial charge >= 0.3 is 0 Å². The topological polar surface area (TPSA) is 118 Å². The molecular formula is C23H18N4O4S. The van der Waals surface area contributed by atoms with E-state index in [-0.39, 0.29) is 11.3 Å². The van der Waals surface area contributed by atoms with Gasteiger partial charge in [0.25, 0.3) is 11.6 Å². The molecule has 5 rings (SSSR count). The van der Waals surface area contributed by atoms with Crippen LogP contribution in [0, 0.1) is 10.1 Å². The second-order valence-electron chi connectivity index (χ2n) is 7.72. The number of nitro groups is 1. The van der Waals surface area contributed by atoms with Gasteiger partial charge in [0.1, 0.15) is 0 Å². The van der Waals surface area contributed by atoms with Crippen LogP contribution < -0.4 is 10.9 Å². The Bertz CT molecular complexity index is 1440. The van der Waals surface area contributed by atoms with Gasteiger partial charge in [-0.3, -0.25) is 25.0 Å². The number of nitrogens with one attached hydrogen (secondary N) is 2. The predicted molar refractivity (Wildman–Crippen MR) is 123 cm³/mol. The molecule has 0 unspecified atom stereocenters. The van der Waals surface area contributed by atoms with Gasteiger partial charge in [-0.1, -0.05) is 12.1 Å². The number of hydrogen-bond donors (Lipinski definition) is 2. The van der Waals surface area contributed by atoms with Crippen LogP contribution in [0.3, 0.4) is 0 Å². The van der Waals surface area contributed by atoms with Gasteiger partial charge in [0, 0.05) is 40.0 Å². The number of H-pyrrole nitrogens is 1. The van der Waals surface area contributed by atoms with Crippen molar-refractivity contribution in [2.24, 2.45) is 0 Å². The fourth-order valence-electron chi connectivity index (χ4n) is 4.06. The monoisotopic (exact) mass is 446 g/mol. The highest BCUT2D eigenvalue weighted by Crippen LogP contribution is 2.30. The third-order valence-electron chi connectivity index (χ3n) is 5.65. The highest BCUT2D eigenvalue weighted by atomic mass is 32.1. The maximum absolute atomic E-state index is 12.9. The number of benzene rings is 2. The number of anilines is 1. The van der Waals surface area contributed by atoms with Gasteiger partial charge in [0.15, 0.2) is 5.13 Å². The molecule has 160 valence electrons. The number of nitrogens with zero attached hydrogens (tertiary/aromatic N) is 2. The Balaban J connectivity index is 1.44. The lowest BCUT2D eigenvalue weighted by Gasteiger charge is -2.16. The lowest BCUT2D eigenvalue weighted by atomic mass is 9.90. The summed E-state index contributed by atoms with van der Waals surface area (Å²) >= 11 is 1.29. The summed E-state index contributed by atoms with van der Waals surface area (Å²) in [5.74, 6) is -0.548. The minimum atomic E-state index is -0.548. The van der Waals surface area contributed by atoms with Gasteiger partial charge in [-0.15, -0.1) is 11.3 Å². The Hall–Kier alpha value is -3.85. The summed E-state index contributed by atoms with van der Waals surface area (Å²) in [6, 6.07) is 11.5. The van der Waals surface area contributed by atoms with E-state index in [0.29, 0.717) is 16.0 Å². The molecule has 1 amide bonds. The maximum atomic E-state index is 12.9. The first-order chi connectivity index (χ1) is 15.5. The number of pyridine rings is 1. The van der Waals surface area contributed by atoms with Crippen LogP contribution in [-0.4, -0.2) is 20.8 Å². The first-order valence-corrected chi connectivity index (χ1v) is 11.1. The SMILES string of the molecule is O=C(Nc1nc(-c2ccc3c(c2)CCCC3)cs1)c1cc(=O)[nH]c2ccc([N+](=O)[O-])cc12. The molecule has 0 bridgehead atoms. The summed E-state index contributed by atoms with van der Waals surface area (Å²) in [4.78, 5) is 42.7. The molecule has 0 saturated carbocycles. The number of hydrogen-bond acceptors (Lipinski definition) is 6. The third kappa shape index (κ3) is 3.78. The first-order valence-electron chi connectivity index (χ1n) is 10.2. The smallest absolute Gasteiger partial charge is 0.270 e. The molecule has 0 radical (unpaired) electrons. The fourth-order valence-corrected chi connectivity index (χ4v) is 4.78. The first kappa shape index (κ1) is 20.1. The van der Waals surface area contributed by atoms with Crippen LogP contribution >= 0.6 is 11.3 Å². The van der Waals surface area contributed by atoms with E-state index in [9.17, 15) is 19.7 Å². The number of rotatable bonds is 4. The van der Waals surface area contributed by atoms with E-state index < -0.39 is 16.4 Å². The second kappa shape index (κ2) is 8.01. The van der Waals surface area contributed by atoms with Crippen molar-refractivity contribution in [2.45, 2.75) is 25.7 Å². The number of aryl methyl sites for hydroxylation is 2. The molecule has 8 nitrogen and oxygen atoms in total. The molecule has 2 heterocycles. The molecule has 0 fully saturated rings. The Morgan fingerprint density at radius 2 is 1.91 bits per heavy atom. The number of fused-ring (bicyclic) bond motifs is 2. The molecule has 32 heavy (non-hydrogen) atoms. The molecule has 2 N–H and O–H groups in total. The number of non-ortho nitro benzene ring substituents is 1. The van der Waals surface area contributed by atoms with E-state index >= 15 is 0 Å². The summed E-state index contributed by atoms with van der Waals surface area (Å²) in [5.41, 5.74) is 4.28.